The molecule has 0 fully saturated rings. The highest BCUT2D eigenvalue weighted by molar-refractivity contribution is 7.93. The SMILES string of the molecule is CCCCS(=O)(=O)NCCS(=O)(=O)N(C)c1ccccc1. The Hall–Kier alpha value is -1.12. The first-order chi connectivity index (χ1) is 9.78. The van der Waals surface area contributed by atoms with Gasteiger partial charge in [0.15, 0.2) is 0 Å². The van der Waals surface area contributed by atoms with Gasteiger partial charge in [0.05, 0.1) is 17.2 Å². The topological polar surface area (TPSA) is 83.5 Å². The zero-order valence-electron chi connectivity index (χ0n) is 12.3. The van der Waals surface area contributed by atoms with Crippen LogP contribution in [0.2, 0.25) is 0 Å². The molecule has 8 heteroatoms. The van der Waals surface area contributed by atoms with Gasteiger partial charge in [-0.3, -0.25) is 4.31 Å². The van der Waals surface area contributed by atoms with Gasteiger partial charge < -0.3 is 0 Å². The van der Waals surface area contributed by atoms with E-state index in [-0.39, 0.29) is 18.1 Å². The van der Waals surface area contributed by atoms with Gasteiger partial charge in [-0.1, -0.05) is 31.5 Å². The molecule has 0 aromatic heterocycles. The van der Waals surface area contributed by atoms with Crippen LogP contribution in [-0.2, 0) is 20.0 Å². The van der Waals surface area contributed by atoms with Crippen LogP contribution >= 0.6 is 0 Å². The molecule has 120 valence electrons. The summed E-state index contributed by atoms with van der Waals surface area (Å²) in [6.07, 6.45) is 1.34. The van der Waals surface area contributed by atoms with Crippen LogP contribution in [0.25, 0.3) is 0 Å². The summed E-state index contributed by atoms with van der Waals surface area (Å²) in [6.45, 7) is 1.78. The quantitative estimate of drug-likeness (QED) is 0.735. The number of rotatable bonds is 9. The fourth-order valence-electron chi connectivity index (χ4n) is 1.67. The average Bonchev–Trinajstić information content (AvgIpc) is 2.45. The van der Waals surface area contributed by atoms with Crippen molar-refractivity contribution in [2.45, 2.75) is 19.8 Å². The van der Waals surface area contributed by atoms with Gasteiger partial charge in [0.2, 0.25) is 20.0 Å². The van der Waals surface area contributed by atoms with Crippen LogP contribution in [0.15, 0.2) is 30.3 Å². The number of hydrogen-bond donors (Lipinski definition) is 1. The van der Waals surface area contributed by atoms with E-state index in [1.54, 1.807) is 30.3 Å². The summed E-state index contributed by atoms with van der Waals surface area (Å²) in [5.74, 6) is -0.248. The van der Waals surface area contributed by atoms with Crippen molar-refractivity contribution in [2.75, 3.05) is 29.4 Å². The smallest absolute Gasteiger partial charge is 0.236 e. The van der Waals surface area contributed by atoms with Crippen molar-refractivity contribution in [3.63, 3.8) is 0 Å². The summed E-state index contributed by atoms with van der Waals surface area (Å²) >= 11 is 0. The molecule has 0 unspecified atom stereocenters. The molecule has 0 heterocycles. The third-order valence-electron chi connectivity index (χ3n) is 2.99. The van der Waals surface area contributed by atoms with Gasteiger partial charge in [-0.05, 0) is 18.6 Å². The molecule has 0 aliphatic heterocycles. The monoisotopic (exact) mass is 334 g/mol. The summed E-state index contributed by atoms with van der Waals surface area (Å²) in [5, 5.41) is 0. The Bertz CT molecular complexity index is 627. The number of para-hydroxylation sites is 1. The normalized spacial score (nSPS) is 12.3. The van der Waals surface area contributed by atoms with Crippen molar-refractivity contribution in [3.8, 4) is 0 Å². The average molecular weight is 334 g/mol. The second kappa shape index (κ2) is 7.77. The Morgan fingerprint density at radius 1 is 1.05 bits per heavy atom. The van der Waals surface area contributed by atoms with E-state index < -0.39 is 20.0 Å². The lowest BCUT2D eigenvalue weighted by Crippen LogP contribution is -2.36. The molecule has 1 rings (SSSR count). The fraction of sp³-hybridized carbons (Fsp3) is 0.538. The van der Waals surface area contributed by atoms with Crippen molar-refractivity contribution in [3.05, 3.63) is 30.3 Å². The second-order valence-electron chi connectivity index (χ2n) is 4.69. The molecule has 0 saturated carbocycles. The van der Waals surface area contributed by atoms with E-state index in [4.69, 9.17) is 0 Å². The lowest BCUT2D eigenvalue weighted by molar-refractivity contribution is 0.578. The fourth-order valence-corrected chi connectivity index (χ4v) is 4.10. The van der Waals surface area contributed by atoms with Crippen molar-refractivity contribution in [1.29, 1.82) is 0 Å². The maximum absolute atomic E-state index is 12.1. The molecule has 0 aliphatic carbocycles. The Balaban J connectivity index is 2.58. The molecule has 1 N–H and O–H groups in total. The molecule has 1 aromatic rings. The third-order valence-corrected chi connectivity index (χ3v) is 6.22. The van der Waals surface area contributed by atoms with E-state index in [1.807, 2.05) is 6.92 Å². The van der Waals surface area contributed by atoms with Gasteiger partial charge in [0, 0.05) is 13.6 Å². The molecule has 0 atom stereocenters. The summed E-state index contributed by atoms with van der Waals surface area (Å²) in [7, 11) is -5.48. The van der Waals surface area contributed by atoms with E-state index in [9.17, 15) is 16.8 Å². The van der Waals surface area contributed by atoms with E-state index >= 15 is 0 Å². The maximum atomic E-state index is 12.1. The molecule has 0 saturated heterocycles. The van der Waals surface area contributed by atoms with Crippen LogP contribution in [0.1, 0.15) is 19.8 Å². The molecule has 6 nitrogen and oxygen atoms in total. The maximum Gasteiger partial charge on any atom is 0.236 e. The Labute approximate surface area is 127 Å². The third kappa shape index (κ3) is 6.03. The lowest BCUT2D eigenvalue weighted by atomic mass is 10.3. The van der Waals surface area contributed by atoms with Crippen molar-refractivity contribution >= 4 is 25.7 Å². The summed E-state index contributed by atoms with van der Waals surface area (Å²) in [4.78, 5) is 0. The first-order valence-electron chi connectivity index (χ1n) is 6.77. The highest BCUT2D eigenvalue weighted by Crippen LogP contribution is 2.15. The molecule has 0 amide bonds. The van der Waals surface area contributed by atoms with Crippen LogP contribution in [0.4, 0.5) is 5.69 Å². The summed E-state index contributed by atoms with van der Waals surface area (Å²) < 4.78 is 50.9. The van der Waals surface area contributed by atoms with Gasteiger partial charge in [-0.2, -0.15) is 0 Å². The lowest BCUT2D eigenvalue weighted by Gasteiger charge is -2.19. The molecule has 0 radical (unpaired) electrons. The Kier molecular flexibility index (Phi) is 6.63. The summed E-state index contributed by atoms with van der Waals surface area (Å²) in [5.41, 5.74) is 0.548. The van der Waals surface area contributed by atoms with Gasteiger partial charge in [-0.15, -0.1) is 0 Å². The van der Waals surface area contributed by atoms with Gasteiger partial charge >= 0.3 is 0 Å². The minimum atomic E-state index is -3.55. The van der Waals surface area contributed by atoms with E-state index in [2.05, 4.69) is 4.72 Å². The van der Waals surface area contributed by atoms with Crippen LogP contribution in [0.5, 0.6) is 0 Å². The molecular weight excluding hydrogens is 312 g/mol. The number of benzene rings is 1. The zero-order chi connectivity index (χ0) is 15.9. The number of nitrogens with zero attached hydrogens (tertiary/aromatic N) is 1. The van der Waals surface area contributed by atoms with Gasteiger partial charge in [0.1, 0.15) is 0 Å². The molecule has 0 aliphatic rings. The predicted molar refractivity (Wildman–Crippen MR) is 85.3 cm³/mol. The minimum Gasteiger partial charge on any atom is -0.273 e. The number of anilines is 1. The van der Waals surface area contributed by atoms with Crippen LogP contribution in [0, 0.1) is 0 Å². The van der Waals surface area contributed by atoms with Crippen LogP contribution in [-0.4, -0.2) is 41.9 Å². The van der Waals surface area contributed by atoms with Crippen molar-refractivity contribution in [2.24, 2.45) is 0 Å². The molecule has 1 aromatic carbocycles. The highest BCUT2D eigenvalue weighted by Gasteiger charge is 2.19. The van der Waals surface area contributed by atoms with E-state index in [1.165, 1.54) is 7.05 Å². The molecule has 0 spiro atoms. The summed E-state index contributed by atoms with van der Waals surface area (Å²) in [6, 6.07) is 8.65. The number of sulfonamides is 2. The van der Waals surface area contributed by atoms with Crippen molar-refractivity contribution in [1.82, 2.24) is 4.72 Å². The van der Waals surface area contributed by atoms with Crippen molar-refractivity contribution < 1.29 is 16.8 Å². The molecule has 0 bridgehead atoms. The number of unbranched alkanes of at least 4 members (excludes halogenated alkanes) is 1. The Morgan fingerprint density at radius 2 is 1.67 bits per heavy atom. The molecular formula is C13H22N2O4S2. The standard InChI is InChI=1S/C13H22N2O4S2/c1-3-4-11-20(16,17)14-10-12-21(18,19)15(2)13-8-6-5-7-9-13/h5-9,14H,3-4,10-12H2,1-2H3. The predicted octanol–water partition coefficient (Wildman–Crippen LogP) is 1.17. The van der Waals surface area contributed by atoms with Gasteiger partial charge in [-0.25, -0.2) is 21.6 Å². The first-order valence-corrected chi connectivity index (χ1v) is 10.0. The second-order valence-corrected chi connectivity index (χ2v) is 8.73. The van der Waals surface area contributed by atoms with Gasteiger partial charge in [0.25, 0.3) is 0 Å². The number of hydrogen-bond acceptors (Lipinski definition) is 4. The van der Waals surface area contributed by atoms with Crippen LogP contribution < -0.4 is 9.03 Å². The zero-order valence-corrected chi connectivity index (χ0v) is 14.0. The minimum absolute atomic E-state index is 0.0259. The van der Waals surface area contributed by atoms with Crippen LogP contribution in [0.3, 0.4) is 0 Å². The largest absolute Gasteiger partial charge is 0.273 e. The van der Waals surface area contributed by atoms with E-state index in [0.29, 0.717) is 12.1 Å². The highest BCUT2D eigenvalue weighted by atomic mass is 32.2. The van der Waals surface area contributed by atoms with E-state index in [0.717, 1.165) is 10.7 Å². The Morgan fingerprint density at radius 3 is 2.24 bits per heavy atom. The first kappa shape index (κ1) is 17.9. The molecule has 21 heavy (non-hydrogen) atoms. The number of nitrogens with one attached hydrogen (secondary N) is 1.